The normalized spacial score (nSPS) is 11.1. The van der Waals surface area contributed by atoms with Crippen molar-refractivity contribution in [2.75, 3.05) is 26.0 Å². The summed E-state index contributed by atoms with van der Waals surface area (Å²) in [5.41, 5.74) is 0. The molecule has 4 heteroatoms. The van der Waals surface area contributed by atoms with Gasteiger partial charge in [-0.25, -0.2) is 0 Å². The fourth-order valence-corrected chi connectivity index (χ4v) is 2.42. The van der Waals surface area contributed by atoms with Gasteiger partial charge in [0.2, 0.25) is 0 Å². The molecule has 0 unspecified atom stereocenters. The molecule has 1 aromatic heterocycles. The van der Waals surface area contributed by atoms with Gasteiger partial charge < -0.3 is 4.90 Å². The van der Waals surface area contributed by atoms with Gasteiger partial charge in [0.15, 0.2) is 0 Å². The summed E-state index contributed by atoms with van der Waals surface area (Å²) < 4.78 is 0.878. The van der Waals surface area contributed by atoms with Crippen LogP contribution in [0.5, 0.6) is 0 Å². The van der Waals surface area contributed by atoms with E-state index < -0.39 is 0 Å². The molecule has 0 spiro atoms. The van der Waals surface area contributed by atoms with Gasteiger partial charge in [0.05, 0.1) is 4.34 Å². The summed E-state index contributed by atoms with van der Waals surface area (Å²) in [6.07, 6.45) is 2.14. The molecular formula is C10H15Cl2NS. The molecule has 80 valence electrons. The fraction of sp³-hybridized carbons (Fsp3) is 0.600. The highest BCUT2D eigenvalue weighted by molar-refractivity contribution is 7.16. The number of alkyl halides is 1. The maximum Gasteiger partial charge on any atom is 0.0931 e. The zero-order valence-corrected chi connectivity index (χ0v) is 10.6. The van der Waals surface area contributed by atoms with E-state index in [0.717, 1.165) is 36.1 Å². The molecule has 0 aromatic carbocycles. The van der Waals surface area contributed by atoms with Gasteiger partial charge in [-0.05, 0) is 38.6 Å². The first-order valence-corrected chi connectivity index (χ1v) is 6.44. The van der Waals surface area contributed by atoms with Crippen molar-refractivity contribution >= 4 is 34.5 Å². The quantitative estimate of drug-likeness (QED) is 0.700. The maximum atomic E-state index is 5.85. The predicted octanol–water partition coefficient (Wildman–Crippen LogP) is 3.50. The van der Waals surface area contributed by atoms with Crippen LogP contribution in [0.3, 0.4) is 0 Å². The number of hydrogen-bond donors (Lipinski definition) is 0. The molecule has 0 atom stereocenters. The van der Waals surface area contributed by atoms with Crippen LogP contribution in [0.25, 0.3) is 0 Å². The molecular weight excluding hydrogens is 237 g/mol. The van der Waals surface area contributed by atoms with Crippen LogP contribution in [0.15, 0.2) is 12.1 Å². The van der Waals surface area contributed by atoms with Crippen LogP contribution in [0, 0.1) is 0 Å². The highest BCUT2D eigenvalue weighted by atomic mass is 35.5. The van der Waals surface area contributed by atoms with Crippen LogP contribution in [0.4, 0.5) is 0 Å². The molecule has 0 radical (unpaired) electrons. The van der Waals surface area contributed by atoms with Crippen molar-refractivity contribution in [2.24, 2.45) is 0 Å². The minimum absolute atomic E-state index is 0.745. The third kappa shape index (κ3) is 4.65. The second-order valence-corrected chi connectivity index (χ2v) is 5.48. The standard InChI is InChI=1S/C10H15Cl2NS/c1-13(7-2-6-11)8-5-9-3-4-10(12)14-9/h3-4H,2,5-8H2,1H3. The van der Waals surface area contributed by atoms with Gasteiger partial charge in [0.25, 0.3) is 0 Å². The van der Waals surface area contributed by atoms with Gasteiger partial charge in [-0.2, -0.15) is 0 Å². The molecule has 1 nitrogen and oxygen atoms in total. The third-order valence-electron chi connectivity index (χ3n) is 2.04. The highest BCUT2D eigenvalue weighted by Gasteiger charge is 2.01. The molecule has 0 aliphatic carbocycles. The monoisotopic (exact) mass is 251 g/mol. The van der Waals surface area contributed by atoms with E-state index in [2.05, 4.69) is 18.0 Å². The second kappa shape index (κ2) is 6.67. The van der Waals surface area contributed by atoms with E-state index in [0.29, 0.717) is 0 Å². The summed E-state index contributed by atoms with van der Waals surface area (Å²) >= 11 is 13.1. The Hall–Kier alpha value is 0.240. The zero-order chi connectivity index (χ0) is 10.4. The molecule has 0 N–H and O–H groups in total. The molecule has 0 saturated carbocycles. The first-order chi connectivity index (χ1) is 6.72. The van der Waals surface area contributed by atoms with Crippen molar-refractivity contribution in [1.82, 2.24) is 4.90 Å². The largest absolute Gasteiger partial charge is 0.306 e. The summed E-state index contributed by atoms with van der Waals surface area (Å²) in [7, 11) is 2.13. The van der Waals surface area contributed by atoms with Crippen LogP contribution in [-0.4, -0.2) is 30.9 Å². The smallest absolute Gasteiger partial charge is 0.0931 e. The van der Waals surface area contributed by atoms with E-state index >= 15 is 0 Å². The minimum Gasteiger partial charge on any atom is -0.306 e. The lowest BCUT2D eigenvalue weighted by Crippen LogP contribution is -2.22. The second-order valence-electron chi connectivity index (χ2n) is 3.30. The van der Waals surface area contributed by atoms with Crippen molar-refractivity contribution in [3.63, 3.8) is 0 Å². The predicted molar refractivity (Wildman–Crippen MR) is 65.9 cm³/mol. The van der Waals surface area contributed by atoms with Crippen molar-refractivity contribution < 1.29 is 0 Å². The highest BCUT2D eigenvalue weighted by Crippen LogP contribution is 2.21. The van der Waals surface area contributed by atoms with Crippen LogP contribution in [-0.2, 0) is 6.42 Å². The first kappa shape index (κ1) is 12.3. The summed E-state index contributed by atoms with van der Waals surface area (Å²) in [6.45, 7) is 2.15. The fourth-order valence-electron chi connectivity index (χ4n) is 1.23. The van der Waals surface area contributed by atoms with Gasteiger partial charge in [-0.1, -0.05) is 11.6 Å². The van der Waals surface area contributed by atoms with Crippen LogP contribution >= 0.6 is 34.5 Å². The van der Waals surface area contributed by atoms with E-state index in [1.807, 2.05) is 6.07 Å². The molecule has 14 heavy (non-hydrogen) atoms. The lowest BCUT2D eigenvalue weighted by atomic mass is 10.3. The van der Waals surface area contributed by atoms with Crippen molar-refractivity contribution in [3.05, 3.63) is 21.3 Å². The molecule has 0 saturated heterocycles. The van der Waals surface area contributed by atoms with Crippen LogP contribution < -0.4 is 0 Å². The van der Waals surface area contributed by atoms with Crippen molar-refractivity contribution in [3.8, 4) is 0 Å². The van der Waals surface area contributed by atoms with E-state index in [1.54, 1.807) is 11.3 Å². The Balaban J connectivity index is 2.20. The third-order valence-corrected chi connectivity index (χ3v) is 3.60. The molecule has 0 bridgehead atoms. The van der Waals surface area contributed by atoms with Gasteiger partial charge in [0, 0.05) is 17.3 Å². The van der Waals surface area contributed by atoms with Crippen LogP contribution in [0.1, 0.15) is 11.3 Å². The number of thiophene rings is 1. The maximum absolute atomic E-state index is 5.85. The van der Waals surface area contributed by atoms with E-state index in [-0.39, 0.29) is 0 Å². The zero-order valence-electron chi connectivity index (χ0n) is 8.30. The molecule has 1 heterocycles. The number of likely N-dealkylation sites (N-methyl/N-ethyl adjacent to an activating group) is 1. The molecule has 0 aliphatic rings. The van der Waals surface area contributed by atoms with E-state index in [1.165, 1.54) is 4.88 Å². The molecule has 0 fully saturated rings. The lowest BCUT2D eigenvalue weighted by Gasteiger charge is -2.14. The van der Waals surface area contributed by atoms with E-state index in [9.17, 15) is 0 Å². The summed E-state index contributed by atoms with van der Waals surface area (Å²) in [5.74, 6) is 0.745. The van der Waals surface area contributed by atoms with Gasteiger partial charge in [-0.3, -0.25) is 0 Å². The van der Waals surface area contributed by atoms with E-state index in [4.69, 9.17) is 23.2 Å². The summed E-state index contributed by atoms with van der Waals surface area (Å²) in [4.78, 5) is 3.66. The molecule has 1 rings (SSSR count). The van der Waals surface area contributed by atoms with Crippen LogP contribution in [0.2, 0.25) is 4.34 Å². The summed E-state index contributed by atoms with van der Waals surface area (Å²) in [5, 5.41) is 0. The minimum atomic E-state index is 0.745. The first-order valence-electron chi connectivity index (χ1n) is 4.71. The molecule has 0 amide bonds. The SMILES string of the molecule is CN(CCCCl)CCc1ccc(Cl)s1. The number of halogens is 2. The topological polar surface area (TPSA) is 3.24 Å². The Kier molecular flexibility index (Phi) is 5.87. The lowest BCUT2D eigenvalue weighted by molar-refractivity contribution is 0.341. The Morgan fingerprint density at radius 1 is 1.36 bits per heavy atom. The average Bonchev–Trinajstić information content (AvgIpc) is 2.58. The van der Waals surface area contributed by atoms with Gasteiger partial charge in [-0.15, -0.1) is 22.9 Å². The Bertz CT molecular complexity index is 262. The average molecular weight is 252 g/mol. The van der Waals surface area contributed by atoms with Gasteiger partial charge in [0.1, 0.15) is 0 Å². The Labute approximate surface area is 99.6 Å². The number of hydrogen-bond acceptors (Lipinski definition) is 2. The number of rotatable bonds is 6. The van der Waals surface area contributed by atoms with Gasteiger partial charge >= 0.3 is 0 Å². The Morgan fingerprint density at radius 3 is 2.71 bits per heavy atom. The van der Waals surface area contributed by atoms with Crippen molar-refractivity contribution in [1.29, 1.82) is 0 Å². The number of nitrogens with zero attached hydrogens (tertiary/aromatic N) is 1. The Morgan fingerprint density at radius 2 is 2.14 bits per heavy atom. The molecule has 1 aromatic rings. The van der Waals surface area contributed by atoms with Crippen molar-refractivity contribution in [2.45, 2.75) is 12.8 Å². The summed E-state index contributed by atoms with van der Waals surface area (Å²) in [6, 6.07) is 4.06. The molecule has 0 aliphatic heterocycles.